The molecule has 3 nitrogen and oxygen atoms in total. The average molecular weight is 170 g/mol. The van der Waals surface area contributed by atoms with E-state index in [1.807, 2.05) is 20.3 Å². The van der Waals surface area contributed by atoms with E-state index in [9.17, 15) is 9.90 Å². The maximum atomic E-state index is 11.4. The van der Waals surface area contributed by atoms with Gasteiger partial charge in [0.15, 0.2) is 0 Å². The van der Waals surface area contributed by atoms with E-state index in [0.29, 0.717) is 13.0 Å². The standard InChI is InChI=1S/C9H16NO2/c1-3-4-5-10-8(11)6-7(2)9(10)12/h4,7-8,11H,3,5-6H2,1-2H3. The maximum Gasteiger partial charge on any atom is 0.227 e. The Balaban J connectivity index is 2.46. The summed E-state index contributed by atoms with van der Waals surface area (Å²) >= 11 is 0. The molecule has 1 heterocycles. The SMILES string of the molecule is CC[CH]CN1C(=O)C(C)CC1O. The number of nitrogens with zero attached hydrogens (tertiary/aromatic N) is 1. The van der Waals surface area contributed by atoms with Crippen LogP contribution in [0.5, 0.6) is 0 Å². The second-order valence-corrected chi connectivity index (χ2v) is 3.30. The molecule has 69 valence electrons. The zero-order chi connectivity index (χ0) is 9.14. The number of aliphatic hydroxyl groups is 1. The first-order valence-electron chi connectivity index (χ1n) is 4.47. The highest BCUT2D eigenvalue weighted by molar-refractivity contribution is 5.80. The number of aliphatic hydroxyl groups excluding tert-OH is 1. The van der Waals surface area contributed by atoms with Gasteiger partial charge in [-0.05, 0) is 6.42 Å². The number of hydrogen-bond acceptors (Lipinski definition) is 2. The second-order valence-electron chi connectivity index (χ2n) is 3.30. The molecule has 1 saturated heterocycles. The topological polar surface area (TPSA) is 40.5 Å². The summed E-state index contributed by atoms with van der Waals surface area (Å²) in [5, 5.41) is 9.44. The van der Waals surface area contributed by atoms with Gasteiger partial charge in [-0.25, -0.2) is 0 Å². The van der Waals surface area contributed by atoms with E-state index in [2.05, 4.69) is 0 Å². The minimum Gasteiger partial charge on any atom is -0.373 e. The van der Waals surface area contributed by atoms with Crippen LogP contribution in [0.4, 0.5) is 0 Å². The van der Waals surface area contributed by atoms with Crippen LogP contribution in [0.2, 0.25) is 0 Å². The van der Waals surface area contributed by atoms with Gasteiger partial charge < -0.3 is 10.0 Å². The summed E-state index contributed by atoms with van der Waals surface area (Å²) in [6.45, 7) is 4.47. The van der Waals surface area contributed by atoms with E-state index in [1.165, 1.54) is 4.90 Å². The third-order valence-corrected chi connectivity index (χ3v) is 2.24. The normalized spacial score (nSPS) is 29.9. The number of amides is 1. The van der Waals surface area contributed by atoms with E-state index in [1.54, 1.807) is 0 Å². The summed E-state index contributed by atoms with van der Waals surface area (Å²) in [7, 11) is 0. The van der Waals surface area contributed by atoms with Crippen molar-refractivity contribution >= 4 is 5.91 Å². The van der Waals surface area contributed by atoms with E-state index in [0.717, 1.165) is 6.42 Å². The highest BCUT2D eigenvalue weighted by Crippen LogP contribution is 2.22. The molecule has 1 rings (SSSR count). The molecule has 2 atom stereocenters. The quantitative estimate of drug-likeness (QED) is 0.680. The Morgan fingerprint density at radius 2 is 2.42 bits per heavy atom. The fourth-order valence-corrected chi connectivity index (χ4v) is 1.45. The summed E-state index contributed by atoms with van der Waals surface area (Å²) in [5.41, 5.74) is 0. The molecule has 1 N–H and O–H groups in total. The number of carbonyl (C=O) groups excluding carboxylic acids is 1. The van der Waals surface area contributed by atoms with Gasteiger partial charge in [-0.2, -0.15) is 0 Å². The molecule has 0 saturated carbocycles. The van der Waals surface area contributed by atoms with Gasteiger partial charge in [-0.15, -0.1) is 0 Å². The number of unbranched alkanes of at least 4 members (excludes halogenated alkanes) is 1. The van der Waals surface area contributed by atoms with Crippen molar-refractivity contribution in [2.24, 2.45) is 5.92 Å². The van der Waals surface area contributed by atoms with Gasteiger partial charge in [0, 0.05) is 18.9 Å². The Kier molecular flexibility index (Phi) is 3.09. The maximum absolute atomic E-state index is 11.4. The molecule has 0 aromatic rings. The highest BCUT2D eigenvalue weighted by Gasteiger charge is 2.34. The fourth-order valence-electron chi connectivity index (χ4n) is 1.45. The summed E-state index contributed by atoms with van der Waals surface area (Å²) < 4.78 is 0. The molecule has 1 fully saturated rings. The average Bonchev–Trinajstić information content (AvgIpc) is 2.25. The molecule has 1 aliphatic rings. The van der Waals surface area contributed by atoms with Crippen molar-refractivity contribution in [2.45, 2.75) is 32.9 Å². The van der Waals surface area contributed by atoms with Crippen LogP contribution in [0.3, 0.4) is 0 Å². The van der Waals surface area contributed by atoms with Crippen LogP contribution >= 0.6 is 0 Å². The van der Waals surface area contributed by atoms with E-state index in [4.69, 9.17) is 0 Å². The fraction of sp³-hybridized carbons (Fsp3) is 0.778. The zero-order valence-electron chi connectivity index (χ0n) is 7.66. The lowest BCUT2D eigenvalue weighted by atomic mass is 10.1. The van der Waals surface area contributed by atoms with E-state index in [-0.39, 0.29) is 11.8 Å². The van der Waals surface area contributed by atoms with Crippen LogP contribution in [0.25, 0.3) is 0 Å². The Morgan fingerprint density at radius 3 is 2.83 bits per heavy atom. The molecule has 3 heteroatoms. The van der Waals surface area contributed by atoms with E-state index >= 15 is 0 Å². The number of likely N-dealkylation sites (tertiary alicyclic amines) is 1. The molecule has 0 aromatic heterocycles. The largest absolute Gasteiger partial charge is 0.373 e. The van der Waals surface area contributed by atoms with Gasteiger partial charge in [0.1, 0.15) is 6.23 Å². The van der Waals surface area contributed by atoms with Crippen LogP contribution in [0, 0.1) is 12.3 Å². The molecular formula is C9H16NO2. The molecule has 1 amide bonds. The van der Waals surface area contributed by atoms with Crippen LogP contribution in [0.1, 0.15) is 26.7 Å². The zero-order valence-corrected chi connectivity index (χ0v) is 7.66. The first kappa shape index (κ1) is 9.52. The highest BCUT2D eigenvalue weighted by atomic mass is 16.3. The molecule has 0 bridgehead atoms. The van der Waals surface area contributed by atoms with Gasteiger partial charge in [0.05, 0.1) is 0 Å². The third-order valence-electron chi connectivity index (χ3n) is 2.24. The van der Waals surface area contributed by atoms with Gasteiger partial charge in [0.2, 0.25) is 5.91 Å². The molecule has 2 unspecified atom stereocenters. The van der Waals surface area contributed by atoms with Crippen molar-refractivity contribution < 1.29 is 9.90 Å². The Morgan fingerprint density at radius 1 is 1.75 bits per heavy atom. The van der Waals surface area contributed by atoms with Crippen LogP contribution in [-0.4, -0.2) is 28.7 Å². The lowest BCUT2D eigenvalue weighted by molar-refractivity contribution is -0.134. The summed E-state index contributed by atoms with van der Waals surface area (Å²) in [6.07, 6.45) is 2.95. The predicted molar refractivity (Wildman–Crippen MR) is 46.1 cm³/mol. The van der Waals surface area contributed by atoms with Crippen molar-refractivity contribution in [2.75, 3.05) is 6.54 Å². The number of carbonyl (C=O) groups is 1. The smallest absolute Gasteiger partial charge is 0.227 e. The minimum absolute atomic E-state index is 0.00902. The molecular weight excluding hydrogens is 154 g/mol. The Labute approximate surface area is 73.4 Å². The number of rotatable bonds is 3. The second kappa shape index (κ2) is 3.90. The van der Waals surface area contributed by atoms with Crippen LogP contribution < -0.4 is 0 Å². The molecule has 0 aliphatic carbocycles. The molecule has 0 spiro atoms. The molecule has 1 radical (unpaired) electrons. The summed E-state index contributed by atoms with van der Waals surface area (Å²) in [4.78, 5) is 12.9. The van der Waals surface area contributed by atoms with Crippen LogP contribution in [0.15, 0.2) is 0 Å². The molecule has 1 aliphatic heterocycles. The van der Waals surface area contributed by atoms with Crippen molar-refractivity contribution in [3.05, 3.63) is 6.42 Å². The van der Waals surface area contributed by atoms with Crippen molar-refractivity contribution in [1.29, 1.82) is 0 Å². The van der Waals surface area contributed by atoms with Crippen molar-refractivity contribution in [1.82, 2.24) is 4.90 Å². The Bertz CT molecular complexity index is 170. The predicted octanol–water partition coefficient (Wildman–Crippen LogP) is 0.787. The first-order chi connectivity index (χ1) is 5.66. The van der Waals surface area contributed by atoms with Crippen molar-refractivity contribution in [3.63, 3.8) is 0 Å². The lowest BCUT2D eigenvalue weighted by Gasteiger charge is -2.19. The van der Waals surface area contributed by atoms with E-state index < -0.39 is 6.23 Å². The molecule has 12 heavy (non-hydrogen) atoms. The van der Waals surface area contributed by atoms with Gasteiger partial charge in [0.25, 0.3) is 0 Å². The third kappa shape index (κ3) is 1.78. The first-order valence-corrected chi connectivity index (χ1v) is 4.47. The van der Waals surface area contributed by atoms with Gasteiger partial charge in [-0.3, -0.25) is 4.79 Å². The molecule has 0 aromatic carbocycles. The summed E-state index contributed by atoms with van der Waals surface area (Å²) in [6, 6.07) is 0. The number of hydrogen-bond donors (Lipinski definition) is 1. The van der Waals surface area contributed by atoms with Gasteiger partial charge in [-0.1, -0.05) is 20.3 Å². The lowest BCUT2D eigenvalue weighted by Crippen LogP contribution is -2.34. The Hall–Kier alpha value is -0.570. The minimum atomic E-state index is -0.560. The van der Waals surface area contributed by atoms with Crippen LogP contribution in [-0.2, 0) is 4.79 Å². The summed E-state index contributed by atoms with van der Waals surface area (Å²) in [5.74, 6) is 0.0671. The van der Waals surface area contributed by atoms with Crippen molar-refractivity contribution in [3.8, 4) is 0 Å². The van der Waals surface area contributed by atoms with Gasteiger partial charge >= 0.3 is 0 Å². The monoisotopic (exact) mass is 170 g/mol.